The summed E-state index contributed by atoms with van der Waals surface area (Å²) in [6.45, 7) is 2.24. The predicted molar refractivity (Wildman–Crippen MR) is 62.1 cm³/mol. The van der Waals surface area contributed by atoms with Crippen molar-refractivity contribution in [2.75, 3.05) is 0 Å². The van der Waals surface area contributed by atoms with E-state index in [1.165, 1.54) is 44.9 Å². The van der Waals surface area contributed by atoms with E-state index in [1.54, 1.807) is 6.08 Å². The predicted octanol–water partition coefficient (Wildman–Crippen LogP) is 3.88. The van der Waals surface area contributed by atoms with Crippen LogP contribution in [0.3, 0.4) is 0 Å². The van der Waals surface area contributed by atoms with Gasteiger partial charge in [-0.1, -0.05) is 51.9 Å². The molecule has 0 heterocycles. The Balaban J connectivity index is 2.96. The Morgan fingerprint density at radius 3 is 2.00 bits per heavy atom. The molecule has 0 saturated carbocycles. The highest BCUT2D eigenvalue weighted by Gasteiger charge is 1.90. The number of rotatable bonds is 9. The van der Waals surface area contributed by atoms with E-state index in [1.807, 2.05) is 0 Å². The minimum absolute atomic E-state index is 0.0343. The second-order valence-corrected chi connectivity index (χ2v) is 3.89. The molecule has 0 fully saturated rings. The highest BCUT2D eigenvalue weighted by atomic mass is 16.3. The van der Waals surface area contributed by atoms with Gasteiger partial charge >= 0.3 is 0 Å². The van der Waals surface area contributed by atoms with Crippen molar-refractivity contribution >= 4 is 0 Å². The van der Waals surface area contributed by atoms with Crippen LogP contribution in [0.4, 0.5) is 0 Å². The first kappa shape index (κ1) is 13.3. The van der Waals surface area contributed by atoms with Gasteiger partial charge in [-0.15, -0.1) is 0 Å². The Hall–Kier alpha value is -0.660. The summed E-state index contributed by atoms with van der Waals surface area (Å²) in [7, 11) is 0. The van der Waals surface area contributed by atoms with Crippen molar-refractivity contribution < 1.29 is 5.11 Å². The van der Waals surface area contributed by atoms with Gasteiger partial charge in [-0.3, -0.25) is 0 Å². The van der Waals surface area contributed by atoms with E-state index in [-0.39, 0.29) is 5.88 Å². The van der Waals surface area contributed by atoms with Crippen molar-refractivity contribution in [3.63, 3.8) is 0 Å². The number of aliphatic hydroxyl groups excluding tert-OH is 1. The zero-order valence-corrected chi connectivity index (χ0v) is 9.47. The molecule has 0 atom stereocenters. The molecular weight excluding hydrogens is 174 g/mol. The van der Waals surface area contributed by atoms with E-state index >= 15 is 0 Å². The zero-order chi connectivity index (χ0) is 10.6. The first-order chi connectivity index (χ1) is 6.77. The molecule has 0 aliphatic carbocycles. The first-order valence-electron chi connectivity index (χ1n) is 5.92. The fourth-order valence-corrected chi connectivity index (χ4v) is 1.53. The molecule has 2 heteroatoms. The van der Waals surface area contributed by atoms with Gasteiger partial charge in [0.1, 0.15) is 0 Å². The summed E-state index contributed by atoms with van der Waals surface area (Å²) in [6, 6.07) is 0. The molecule has 0 saturated heterocycles. The zero-order valence-electron chi connectivity index (χ0n) is 9.47. The van der Waals surface area contributed by atoms with Crippen LogP contribution >= 0.6 is 0 Å². The molecular formula is C12H25NO. The summed E-state index contributed by atoms with van der Waals surface area (Å²) in [5, 5.41) is 8.69. The van der Waals surface area contributed by atoms with Crippen LogP contribution in [0.15, 0.2) is 12.0 Å². The third-order valence-electron chi connectivity index (χ3n) is 2.41. The minimum atomic E-state index is -0.0343. The Bertz CT molecular complexity index is 139. The monoisotopic (exact) mass is 199 g/mol. The third-order valence-corrected chi connectivity index (χ3v) is 2.41. The van der Waals surface area contributed by atoms with Crippen LogP contribution in [0.5, 0.6) is 0 Å². The first-order valence-corrected chi connectivity index (χ1v) is 5.92. The molecule has 0 radical (unpaired) electrons. The lowest BCUT2D eigenvalue weighted by Gasteiger charge is -1.99. The lowest BCUT2D eigenvalue weighted by Crippen LogP contribution is -1.93. The van der Waals surface area contributed by atoms with Gasteiger partial charge in [-0.05, 0) is 18.9 Å². The van der Waals surface area contributed by atoms with Gasteiger partial charge in [0, 0.05) is 0 Å². The third kappa shape index (κ3) is 11.3. The van der Waals surface area contributed by atoms with Gasteiger partial charge in [-0.25, -0.2) is 0 Å². The molecule has 0 aliphatic rings. The summed E-state index contributed by atoms with van der Waals surface area (Å²) < 4.78 is 0. The molecule has 14 heavy (non-hydrogen) atoms. The highest BCUT2D eigenvalue weighted by molar-refractivity contribution is 4.83. The van der Waals surface area contributed by atoms with Crippen LogP contribution < -0.4 is 5.73 Å². The lowest BCUT2D eigenvalue weighted by molar-refractivity contribution is 0.402. The standard InChI is InChI=1S/C12H25NO/c1-2-3-4-5-6-7-8-9-10-11-12(13)14/h11,14H,2-10,13H2,1H3. The van der Waals surface area contributed by atoms with E-state index in [0.717, 1.165) is 12.8 Å². The number of nitrogens with two attached hydrogens (primary N) is 1. The molecule has 0 aromatic heterocycles. The van der Waals surface area contributed by atoms with Crippen LogP contribution in [0, 0.1) is 0 Å². The van der Waals surface area contributed by atoms with Gasteiger partial charge in [0.2, 0.25) is 0 Å². The molecule has 0 aliphatic heterocycles. The van der Waals surface area contributed by atoms with Gasteiger partial charge in [0.25, 0.3) is 0 Å². The molecule has 0 amide bonds. The minimum Gasteiger partial charge on any atom is -0.495 e. The Kier molecular flexibility index (Phi) is 9.93. The Labute approximate surface area is 88.2 Å². The number of hydrogen-bond donors (Lipinski definition) is 2. The van der Waals surface area contributed by atoms with E-state index in [4.69, 9.17) is 10.8 Å². The van der Waals surface area contributed by atoms with Gasteiger partial charge in [0.05, 0.1) is 0 Å². The van der Waals surface area contributed by atoms with Crippen molar-refractivity contribution in [1.82, 2.24) is 0 Å². The smallest absolute Gasteiger partial charge is 0.177 e. The Morgan fingerprint density at radius 1 is 1.00 bits per heavy atom. The molecule has 0 unspecified atom stereocenters. The quantitative estimate of drug-likeness (QED) is 0.437. The van der Waals surface area contributed by atoms with E-state index in [9.17, 15) is 0 Å². The number of hydrogen-bond acceptors (Lipinski definition) is 2. The van der Waals surface area contributed by atoms with Crippen LogP contribution in [-0.2, 0) is 0 Å². The average molecular weight is 199 g/mol. The molecule has 0 spiro atoms. The molecule has 0 bridgehead atoms. The van der Waals surface area contributed by atoms with Crippen molar-refractivity contribution in [3.05, 3.63) is 12.0 Å². The second-order valence-electron chi connectivity index (χ2n) is 3.89. The molecule has 84 valence electrons. The topological polar surface area (TPSA) is 46.2 Å². The number of allylic oxidation sites excluding steroid dienone is 1. The van der Waals surface area contributed by atoms with Crippen molar-refractivity contribution in [3.8, 4) is 0 Å². The second kappa shape index (κ2) is 10.4. The Morgan fingerprint density at radius 2 is 1.50 bits per heavy atom. The fraction of sp³-hybridized carbons (Fsp3) is 0.833. The number of aliphatic hydroxyl groups is 1. The van der Waals surface area contributed by atoms with E-state index < -0.39 is 0 Å². The summed E-state index contributed by atoms with van der Waals surface area (Å²) in [5.74, 6) is -0.0343. The molecule has 0 rings (SSSR count). The molecule has 2 nitrogen and oxygen atoms in total. The maximum absolute atomic E-state index is 8.69. The van der Waals surface area contributed by atoms with E-state index in [2.05, 4.69) is 6.92 Å². The molecule has 3 N–H and O–H groups in total. The van der Waals surface area contributed by atoms with Crippen LogP contribution in [-0.4, -0.2) is 5.11 Å². The summed E-state index contributed by atoms with van der Waals surface area (Å²) in [6.07, 6.45) is 13.2. The van der Waals surface area contributed by atoms with Crippen LogP contribution in [0.25, 0.3) is 0 Å². The van der Waals surface area contributed by atoms with Crippen molar-refractivity contribution in [1.29, 1.82) is 0 Å². The fourth-order valence-electron chi connectivity index (χ4n) is 1.53. The van der Waals surface area contributed by atoms with Crippen molar-refractivity contribution in [2.24, 2.45) is 5.73 Å². The molecule has 0 aromatic rings. The lowest BCUT2D eigenvalue weighted by atomic mass is 10.1. The maximum Gasteiger partial charge on any atom is 0.177 e. The normalized spacial score (nSPS) is 11.9. The largest absolute Gasteiger partial charge is 0.495 e. The van der Waals surface area contributed by atoms with Gasteiger partial charge in [0.15, 0.2) is 5.88 Å². The van der Waals surface area contributed by atoms with Crippen LogP contribution in [0.2, 0.25) is 0 Å². The average Bonchev–Trinajstić information content (AvgIpc) is 2.15. The van der Waals surface area contributed by atoms with Gasteiger partial charge < -0.3 is 10.8 Å². The molecule has 0 aromatic carbocycles. The summed E-state index contributed by atoms with van der Waals surface area (Å²) in [4.78, 5) is 0. The van der Waals surface area contributed by atoms with Crippen molar-refractivity contribution in [2.45, 2.75) is 64.7 Å². The highest BCUT2D eigenvalue weighted by Crippen LogP contribution is 2.09. The van der Waals surface area contributed by atoms with E-state index in [0.29, 0.717) is 0 Å². The van der Waals surface area contributed by atoms with Gasteiger partial charge in [-0.2, -0.15) is 0 Å². The van der Waals surface area contributed by atoms with Crippen LogP contribution in [0.1, 0.15) is 64.7 Å². The summed E-state index contributed by atoms with van der Waals surface area (Å²) in [5.41, 5.74) is 5.10. The number of unbranched alkanes of at least 4 members (excludes halogenated alkanes) is 8. The SMILES string of the molecule is CCCCCCCCCCC=C(N)O. The summed E-state index contributed by atoms with van der Waals surface area (Å²) >= 11 is 0. The maximum atomic E-state index is 8.69.